The van der Waals surface area contributed by atoms with E-state index in [-0.39, 0.29) is 5.92 Å². The molecule has 1 heterocycles. The van der Waals surface area contributed by atoms with Gasteiger partial charge in [0.05, 0.1) is 0 Å². The van der Waals surface area contributed by atoms with E-state index in [1.165, 1.54) is 0 Å². The maximum atomic E-state index is 8.83. The zero-order valence-electron chi connectivity index (χ0n) is 6.42. The molecule has 1 atom stereocenters. The van der Waals surface area contributed by atoms with Crippen LogP contribution >= 0.6 is 0 Å². The first-order valence-electron chi connectivity index (χ1n) is 3.33. The fourth-order valence-electron chi connectivity index (χ4n) is 0.968. The van der Waals surface area contributed by atoms with Gasteiger partial charge in [-0.05, 0) is 6.92 Å². The maximum Gasteiger partial charge on any atom is 0.357 e. The molecule has 10 heavy (non-hydrogen) atoms. The number of hydrogen-bond acceptors (Lipinski definition) is 3. The summed E-state index contributed by atoms with van der Waals surface area (Å²) in [6.45, 7) is 4.67. The van der Waals surface area contributed by atoms with Gasteiger partial charge in [-0.2, -0.15) is 0 Å². The van der Waals surface area contributed by atoms with Crippen molar-refractivity contribution in [3.8, 4) is 0 Å². The van der Waals surface area contributed by atoms with E-state index < -0.39 is 6.48 Å². The summed E-state index contributed by atoms with van der Waals surface area (Å²) in [6.07, 6.45) is 0. The van der Waals surface area contributed by atoms with Crippen LogP contribution in [0.25, 0.3) is 0 Å². The number of hydrogen-bond donors (Lipinski definition) is 1. The van der Waals surface area contributed by atoms with E-state index in [0.29, 0.717) is 5.76 Å². The van der Waals surface area contributed by atoms with Crippen LogP contribution in [0.15, 0.2) is 11.5 Å². The quantitative estimate of drug-likeness (QED) is 0.601. The number of ether oxygens (including phenoxy) is 2. The molecule has 1 aliphatic heterocycles. The highest BCUT2D eigenvalue weighted by molar-refractivity contribution is 5.04. The Morgan fingerprint density at radius 2 is 2.00 bits per heavy atom. The fraction of sp³-hybridized carbons (Fsp3) is 0.714. The molecule has 0 saturated heterocycles. The molecular weight excluding hydrogens is 132 g/mol. The van der Waals surface area contributed by atoms with E-state index in [4.69, 9.17) is 14.6 Å². The molecule has 0 amide bonds. The molecule has 1 aliphatic rings. The maximum absolute atomic E-state index is 8.83. The summed E-state index contributed by atoms with van der Waals surface area (Å²) in [7, 11) is 0. The zero-order valence-corrected chi connectivity index (χ0v) is 6.42. The van der Waals surface area contributed by atoms with Gasteiger partial charge in [-0.1, -0.05) is 13.8 Å². The third kappa shape index (κ3) is 1.24. The van der Waals surface area contributed by atoms with Gasteiger partial charge in [-0.25, -0.2) is 0 Å². The molecule has 1 unspecified atom stereocenters. The lowest BCUT2D eigenvalue weighted by atomic mass is 10.1. The second kappa shape index (κ2) is 2.50. The molecular formula is C7H12O3. The van der Waals surface area contributed by atoms with E-state index in [2.05, 4.69) is 0 Å². The first kappa shape index (κ1) is 7.41. The van der Waals surface area contributed by atoms with Gasteiger partial charge in [0.15, 0.2) is 0 Å². The van der Waals surface area contributed by atoms with Gasteiger partial charge in [-0.15, -0.1) is 0 Å². The first-order chi connectivity index (χ1) is 4.61. The SMILES string of the molecule is CC1=C(C(C)C)OC(O)O1. The molecule has 3 heteroatoms. The summed E-state index contributed by atoms with van der Waals surface area (Å²) < 4.78 is 9.80. The summed E-state index contributed by atoms with van der Waals surface area (Å²) in [6, 6.07) is 0. The van der Waals surface area contributed by atoms with Crippen molar-refractivity contribution in [2.24, 2.45) is 5.92 Å². The van der Waals surface area contributed by atoms with Crippen LogP contribution in [-0.2, 0) is 9.47 Å². The molecule has 0 saturated carbocycles. The molecule has 0 aromatic carbocycles. The highest BCUT2D eigenvalue weighted by atomic mass is 16.8. The molecule has 0 aromatic rings. The number of aliphatic hydroxyl groups excluding tert-OH is 1. The van der Waals surface area contributed by atoms with Gasteiger partial charge in [0.2, 0.25) is 0 Å². The summed E-state index contributed by atoms with van der Waals surface area (Å²) >= 11 is 0. The van der Waals surface area contributed by atoms with Gasteiger partial charge >= 0.3 is 6.48 Å². The van der Waals surface area contributed by atoms with Gasteiger partial charge < -0.3 is 14.6 Å². The Hall–Kier alpha value is -0.700. The lowest BCUT2D eigenvalue weighted by Crippen LogP contribution is -2.07. The van der Waals surface area contributed by atoms with Gasteiger partial charge in [0.1, 0.15) is 11.5 Å². The summed E-state index contributed by atoms with van der Waals surface area (Å²) in [5.74, 6) is 1.70. The minimum Gasteiger partial charge on any atom is -0.434 e. The van der Waals surface area contributed by atoms with Crippen LogP contribution in [0.4, 0.5) is 0 Å². The molecule has 58 valence electrons. The number of rotatable bonds is 1. The van der Waals surface area contributed by atoms with Crippen molar-refractivity contribution in [2.45, 2.75) is 27.2 Å². The Bertz CT molecular complexity index is 160. The third-order valence-electron chi connectivity index (χ3n) is 1.38. The van der Waals surface area contributed by atoms with Crippen molar-refractivity contribution in [1.29, 1.82) is 0 Å². The van der Waals surface area contributed by atoms with Crippen molar-refractivity contribution < 1.29 is 14.6 Å². The Morgan fingerprint density at radius 3 is 2.20 bits per heavy atom. The average Bonchev–Trinajstić information content (AvgIpc) is 2.10. The predicted octanol–water partition coefficient (Wildman–Crippen LogP) is 1.20. The molecule has 0 bridgehead atoms. The molecule has 1 rings (SSSR count). The lowest BCUT2D eigenvalue weighted by molar-refractivity contribution is -0.194. The molecule has 0 fully saturated rings. The van der Waals surface area contributed by atoms with Crippen molar-refractivity contribution in [1.82, 2.24) is 0 Å². The highest BCUT2D eigenvalue weighted by Gasteiger charge is 2.23. The second-order valence-electron chi connectivity index (χ2n) is 2.62. The van der Waals surface area contributed by atoms with Crippen LogP contribution in [0.2, 0.25) is 0 Å². The van der Waals surface area contributed by atoms with Crippen molar-refractivity contribution >= 4 is 0 Å². The number of aliphatic hydroxyl groups is 1. The third-order valence-corrected chi connectivity index (χ3v) is 1.38. The van der Waals surface area contributed by atoms with E-state index >= 15 is 0 Å². The molecule has 3 nitrogen and oxygen atoms in total. The highest BCUT2D eigenvalue weighted by Crippen LogP contribution is 2.25. The van der Waals surface area contributed by atoms with E-state index in [9.17, 15) is 0 Å². The summed E-state index contributed by atoms with van der Waals surface area (Å²) in [5, 5.41) is 8.83. The minimum absolute atomic E-state index is 0.275. The van der Waals surface area contributed by atoms with Crippen molar-refractivity contribution in [2.75, 3.05) is 0 Å². The normalized spacial score (nSPS) is 25.1. The van der Waals surface area contributed by atoms with Crippen molar-refractivity contribution in [3.05, 3.63) is 11.5 Å². The fourth-order valence-corrected chi connectivity index (χ4v) is 0.968. The number of allylic oxidation sites excluding steroid dienone is 2. The monoisotopic (exact) mass is 144 g/mol. The Kier molecular flexibility index (Phi) is 1.85. The van der Waals surface area contributed by atoms with Crippen LogP contribution in [0.5, 0.6) is 0 Å². The van der Waals surface area contributed by atoms with E-state index in [1.54, 1.807) is 6.92 Å². The molecule has 0 radical (unpaired) electrons. The minimum atomic E-state index is -1.09. The Morgan fingerprint density at radius 1 is 1.40 bits per heavy atom. The largest absolute Gasteiger partial charge is 0.434 e. The molecule has 0 aromatic heterocycles. The molecule has 1 N–H and O–H groups in total. The molecule has 0 aliphatic carbocycles. The summed E-state index contributed by atoms with van der Waals surface area (Å²) in [4.78, 5) is 0. The van der Waals surface area contributed by atoms with Crippen molar-refractivity contribution in [3.63, 3.8) is 0 Å². The Balaban J connectivity index is 2.66. The van der Waals surface area contributed by atoms with Gasteiger partial charge in [0.25, 0.3) is 0 Å². The molecule has 0 spiro atoms. The van der Waals surface area contributed by atoms with E-state index in [1.807, 2.05) is 13.8 Å². The average molecular weight is 144 g/mol. The standard InChI is InChI=1S/C7H12O3/c1-4(2)6-5(3)9-7(8)10-6/h4,7-8H,1-3H3. The van der Waals surface area contributed by atoms with Crippen LogP contribution in [0.3, 0.4) is 0 Å². The lowest BCUT2D eigenvalue weighted by Gasteiger charge is -2.05. The van der Waals surface area contributed by atoms with Crippen LogP contribution in [0, 0.1) is 5.92 Å². The first-order valence-corrected chi connectivity index (χ1v) is 3.33. The topological polar surface area (TPSA) is 38.7 Å². The Labute approximate surface area is 60.3 Å². The summed E-state index contributed by atoms with van der Waals surface area (Å²) in [5.41, 5.74) is 0. The van der Waals surface area contributed by atoms with Crippen LogP contribution < -0.4 is 0 Å². The second-order valence-corrected chi connectivity index (χ2v) is 2.62. The predicted molar refractivity (Wildman–Crippen MR) is 35.7 cm³/mol. The van der Waals surface area contributed by atoms with E-state index in [0.717, 1.165) is 5.76 Å². The van der Waals surface area contributed by atoms with Gasteiger partial charge in [-0.3, -0.25) is 0 Å². The van der Waals surface area contributed by atoms with Crippen LogP contribution in [-0.4, -0.2) is 11.6 Å². The smallest absolute Gasteiger partial charge is 0.357 e. The van der Waals surface area contributed by atoms with Gasteiger partial charge in [0, 0.05) is 5.92 Å². The zero-order chi connectivity index (χ0) is 7.72. The van der Waals surface area contributed by atoms with Crippen LogP contribution in [0.1, 0.15) is 20.8 Å².